The molecule has 0 saturated carbocycles. The fourth-order valence-corrected chi connectivity index (χ4v) is 3.02. The number of hydrogen-bond donors (Lipinski definition) is 0. The van der Waals surface area contributed by atoms with Crippen molar-refractivity contribution in [1.29, 1.82) is 0 Å². The number of nitrogens with zero attached hydrogens (tertiary/aromatic N) is 3. The largest absolute Gasteiger partial charge is 0.418 e. The number of hydrogen-bond acceptors (Lipinski definition) is 5. The summed E-state index contributed by atoms with van der Waals surface area (Å²) in [4.78, 5) is 3.19. The third-order valence-electron chi connectivity index (χ3n) is 3.54. The zero-order valence-electron chi connectivity index (χ0n) is 12.4. The van der Waals surface area contributed by atoms with Crippen molar-refractivity contribution in [2.45, 2.75) is 19.5 Å². The summed E-state index contributed by atoms with van der Waals surface area (Å²) in [6, 6.07) is 12.3. The zero-order valence-corrected chi connectivity index (χ0v) is 14.8. The quantitative estimate of drug-likeness (QED) is 0.642. The van der Waals surface area contributed by atoms with Crippen LogP contribution in [0.5, 0.6) is 0 Å². The van der Waals surface area contributed by atoms with Crippen molar-refractivity contribution in [1.82, 2.24) is 15.1 Å². The Morgan fingerprint density at radius 1 is 1.23 bits per heavy atom. The zero-order chi connectivity index (χ0) is 15.5. The van der Waals surface area contributed by atoms with E-state index in [0.29, 0.717) is 11.8 Å². The highest BCUT2D eigenvalue weighted by atomic mass is 79.9. The molecule has 1 aromatic carbocycles. The average Bonchev–Trinajstić information content (AvgIpc) is 3.19. The van der Waals surface area contributed by atoms with Gasteiger partial charge in [0.15, 0.2) is 0 Å². The molecule has 1 atom stereocenters. The molecule has 3 aromatic rings. The predicted molar refractivity (Wildman–Crippen MR) is 91.6 cm³/mol. The molecule has 0 N–H and O–H groups in total. The molecule has 0 aliphatic carbocycles. The standard InChI is InChI=1S/C16H16BrN3OS/c1-11(20(2)10-12-5-7-13(17)8-6-12)15-18-19-16(21-15)14-4-3-9-22-14/h3-9,11H,10H2,1-2H3. The Morgan fingerprint density at radius 3 is 2.68 bits per heavy atom. The number of aromatic nitrogens is 2. The Balaban J connectivity index is 1.70. The Labute approximate surface area is 141 Å². The van der Waals surface area contributed by atoms with Crippen LogP contribution in [-0.2, 0) is 6.54 Å². The molecule has 0 amide bonds. The molecular weight excluding hydrogens is 362 g/mol. The molecule has 2 heterocycles. The van der Waals surface area contributed by atoms with E-state index in [0.717, 1.165) is 15.9 Å². The number of rotatable bonds is 5. The first-order valence-electron chi connectivity index (χ1n) is 6.95. The lowest BCUT2D eigenvalue weighted by molar-refractivity contribution is 0.218. The Hall–Kier alpha value is -1.50. The van der Waals surface area contributed by atoms with Gasteiger partial charge in [-0.15, -0.1) is 21.5 Å². The van der Waals surface area contributed by atoms with Crippen LogP contribution in [-0.4, -0.2) is 22.1 Å². The van der Waals surface area contributed by atoms with Crippen molar-refractivity contribution in [3.63, 3.8) is 0 Å². The lowest BCUT2D eigenvalue weighted by atomic mass is 10.2. The summed E-state index contributed by atoms with van der Waals surface area (Å²) < 4.78 is 6.89. The second-order valence-electron chi connectivity index (χ2n) is 5.14. The van der Waals surface area contributed by atoms with Crippen LogP contribution in [0.25, 0.3) is 10.8 Å². The van der Waals surface area contributed by atoms with Crippen LogP contribution < -0.4 is 0 Å². The molecule has 4 nitrogen and oxygen atoms in total. The van der Waals surface area contributed by atoms with Crippen molar-refractivity contribution >= 4 is 27.3 Å². The van der Waals surface area contributed by atoms with E-state index in [9.17, 15) is 0 Å². The van der Waals surface area contributed by atoms with E-state index < -0.39 is 0 Å². The van der Waals surface area contributed by atoms with Crippen molar-refractivity contribution in [2.24, 2.45) is 0 Å². The van der Waals surface area contributed by atoms with Crippen molar-refractivity contribution in [3.8, 4) is 10.8 Å². The summed E-state index contributed by atoms with van der Waals surface area (Å²) in [7, 11) is 2.06. The maximum absolute atomic E-state index is 5.81. The Morgan fingerprint density at radius 2 is 2.00 bits per heavy atom. The van der Waals surface area contributed by atoms with Gasteiger partial charge < -0.3 is 4.42 Å². The van der Waals surface area contributed by atoms with Crippen LogP contribution in [0.2, 0.25) is 0 Å². The lowest BCUT2D eigenvalue weighted by Crippen LogP contribution is -2.22. The van der Waals surface area contributed by atoms with E-state index >= 15 is 0 Å². The first-order chi connectivity index (χ1) is 10.6. The predicted octanol–water partition coefficient (Wildman–Crippen LogP) is 4.75. The molecule has 0 fully saturated rings. The molecule has 2 aromatic heterocycles. The van der Waals surface area contributed by atoms with Gasteiger partial charge in [-0.3, -0.25) is 4.90 Å². The van der Waals surface area contributed by atoms with E-state index in [4.69, 9.17) is 4.42 Å². The van der Waals surface area contributed by atoms with Crippen molar-refractivity contribution in [3.05, 3.63) is 57.7 Å². The van der Waals surface area contributed by atoms with E-state index in [1.807, 2.05) is 17.5 Å². The van der Waals surface area contributed by atoms with Gasteiger partial charge in [0.2, 0.25) is 5.89 Å². The fraction of sp³-hybridized carbons (Fsp3) is 0.250. The van der Waals surface area contributed by atoms with E-state index in [-0.39, 0.29) is 6.04 Å². The van der Waals surface area contributed by atoms with Crippen LogP contribution in [0.4, 0.5) is 0 Å². The first kappa shape index (κ1) is 15.4. The summed E-state index contributed by atoms with van der Waals surface area (Å²) in [5.74, 6) is 1.23. The molecule has 22 heavy (non-hydrogen) atoms. The van der Waals surface area contributed by atoms with E-state index in [2.05, 4.69) is 69.3 Å². The summed E-state index contributed by atoms with van der Waals surface area (Å²) in [6.45, 7) is 2.90. The van der Waals surface area contributed by atoms with Gasteiger partial charge >= 0.3 is 0 Å². The summed E-state index contributed by atoms with van der Waals surface area (Å²) >= 11 is 5.05. The van der Waals surface area contributed by atoms with Gasteiger partial charge in [-0.05, 0) is 43.1 Å². The molecule has 0 aliphatic heterocycles. The SMILES string of the molecule is CC(c1nnc(-c2cccs2)o1)N(C)Cc1ccc(Br)cc1. The molecular formula is C16H16BrN3OS. The molecule has 0 saturated heterocycles. The monoisotopic (exact) mass is 377 g/mol. The average molecular weight is 378 g/mol. The van der Waals surface area contributed by atoms with Crippen LogP contribution in [0.3, 0.4) is 0 Å². The minimum Gasteiger partial charge on any atom is -0.418 e. The highest BCUT2D eigenvalue weighted by molar-refractivity contribution is 9.10. The molecule has 0 spiro atoms. The first-order valence-corrected chi connectivity index (χ1v) is 8.62. The highest BCUT2D eigenvalue weighted by Gasteiger charge is 2.19. The van der Waals surface area contributed by atoms with Crippen molar-refractivity contribution < 1.29 is 4.42 Å². The van der Waals surface area contributed by atoms with Crippen LogP contribution in [0.15, 0.2) is 50.7 Å². The van der Waals surface area contributed by atoms with Gasteiger partial charge in [0.25, 0.3) is 5.89 Å². The third kappa shape index (κ3) is 3.45. The van der Waals surface area contributed by atoms with E-state index in [1.165, 1.54) is 5.56 Å². The maximum atomic E-state index is 5.81. The molecule has 6 heteroatoms. The molecule has 0 bridgehead atoms. The van der Waals surface area contributed by atoms with Gasteiger partial charge in [0.1, 0.15) is 0 Å². The van der Waals surface area contributed by atoms with Gasteiger partial charge in [-0.25, -0.2) is 0 Å². The number of thiophene rings is 1. The lowest BCUT2D eigenvalue weighted by Gasteiger charge is -2.21. The maximum Gasteiger partial charge on any atom is 0.257 e. The minimum atomic E-state index is 0.0601. The summed E-state index contributed by atoms with van der Waals surface area (Å²) in [5.41, 5.74) is 1.25. The van der Waals surface area contributed by atoms with Gasteiger partial charge in [0.05, 0.1) is 10.9 Å². The molecule has 3 rings (SSSR count). The van der Waals surface area contributed by atoms with Crippen molar-refractivity contribution in [2.75, 3.05) is 7.05 Å². The van der Waals surface area contributed by atoms with Crippen LogP contribution >= 0.6 is 27.3 Å². The summed E-state index contributed by atoms with van der Waals surface area (Å²) in [6.07, 6.45) is 0. The third-order valence-corrected chi connectivity index (χ3v) is 4.92. The Bertz CT molecular complexity index is 724. The summed E-state index contributed by atoms with van der Waals surface area (Å²) in [5, 5.41) is 10.3. The smallest absolute Gasteiger partial charge is 0.257 e. The van der Waals surface area contributed by atoms with Crippen LogP contribution in [0.1, 0.15) is 24.4 Å². The Kier molecular flexibility index (Phi) is 4.71. The molecule has 1 unspecified atom stereocenters. The second-order valence-corrected chi connectivity index (χ2v) is 7.00. The number of halogens is 1. The van der Waals surface area contributed by atoms with Gasteiger partial charge in [-0.2, -0.15) is 0 Å². The molecule has 0 aliphatic rings. The minimum absolute atomic E-state index is 0.0601. The normalized spacial score (nSPS) is 12.7. The molecule has 114 valence electrons. The van der Waals surface area contributed by atoms with E-state index in [1.54, 1.807) is 11.3 Å². The molecule has 0 radical (unpaired) electrons. The highest BCUT2D eigenvalue weighted by Crippen LogP contribution is 2.27. The second kappa shape index (κ2) is 6.73. The number of benzene rings is 1. The van der Waals surface area contributed by atoms with Gasteiger partial charge in [-0.1, -0.05) is 34.1 Å². The topological polar surface area (TPSA) is 42.2 Å². The van der Waals surface area contributed by atoms with Crippen LogP contribution in [0, 0.1) is 0 Å². The fourth-order valence-electron chi connectivity index (χ4n) is 2.11. The van der Waals surface area contributed by atoms with Gasteiger partial charge in [0, 0.05) is 11.0 Å².